The van der Waals surface area contributed by atoms with Crippen molar-refractivity contribution in [1.29, 1.82) is 0 Å². The van der Waals surface area contributed by atoms with Crippen LogP contribution in [0.25, 0.3) is 0 Å². The van der Waals surface area contributed by atoms with Gasteiger partial charge in [0.15, 0.2) is 0 Å². The summed E-state index contributed by atoms with van der Waals surface area (Å²) in [6, 6.07) is 22.8. The third kappa shape index (κ3) is 20.9. The minimum atomic E-state index is -0.000222. The second-order valence-corrected chi connectivity index (χ2v) is 18.1. The standard InChI is InChI=1S/C54H90N2/c1-4-6-8-10-12-14-16-18-20-21-22-23-25-27-29-31-39-45-52(54(3,51-43-37-34-38-44-51)49-50-41-35-33-36-42-50)53-55-46-48-56(53)47-40-32-30-28-26-24-19-17-15-13-11-9-7-5-2/h33-38,41-44,46,48,52H,4-32,39-40,45,47,49H2,1-3H3/p+1. The minimum Gasteiger partial charge on any atom is -0.247 e. The van der Waals surface area contributed by atoms with Gasteiger partial charge in [-0.05, 0) is 36.8 Å². The van der Waals surface area contributed by atoms with Crippen molar-refractivity contribution in [2.24, 2.45) is 0 Å². The van der Waals surface area contributed by atoms with Gasteiger partial charge in [0.05, 0.1) is 12.5 Å². The SMILES string of the molecule is CCCCCCCCCCCCCCCCCCCC(c1[nH]cc[n+]1CCCCCCCCCCCCCCCC)C(C)(Cc1ccccc1)c1ccccc1. The molecule has 0 saturated heterocycles. The van der Waals surface area contributed by atoms with Crippen molar-refractivity contribution in [3.8, 4) is 0 Å². The van der Waals surface area contributed by atoms with Gasteiger partial charge in [-0.3, -0.25) is 0 Å². The lowest BCUT2D eigenvalue weighted by Gasteiger charge is -2.37. The molecule has 3 rings (SSSR count). The predicted octanol–water partition coefficient (Wildman–Crippen LogP) is 17.1. The van der Waals surface area contributed by atoms with E-state index in [0.717, 1.165) is 13.0 Å². The predicted molar refractivity (Wildman–Crippen MR) is 247 cm³/mol. The molecule has 316 valence electrons. The van der Waals surface area contributed by atoms with Gasteiger partial charge in [0.1, 0.15) is 12.4 Å². The van der Waals surface area contributed by atoms with Gasteiger partial charge < -0.3 is 0 Å². The van der Waals surface area contributed by atoms with Crippen LogP contribution >= 0.6 is 0 Å². The molecule has 2 unspecified atom stereocenters. The minimum absolute atomic E-state index is 0.000222. The average Bonchev–Trinajstić information content (AvgIpc) is 3.69. The molecule has 1 aromatic heterocycles. The highest BCUT2D eigenvalue weighted by atomic mass is 15.1. The van der Waals surface area contributed by atoms with Crippen LogP contribution in [0.15, 0.2) is 73.1 Å². The van der Waals surface area contributed by atoms with E-state index in [2.05, 4.69) is 103 Å². The van der Waals surface area contributed by atoms with E-state index in [1.165, 1.54) is 222 Å². The van der Waals surface area contributed by atoms with E-state index < -0.39 is 0 Å². The van der Waals surface area contributed by atoms with Crippen LogP contribution in [0.5, 0.6) is 0 Å². The van der Waals surface area contributed by atoms with E-state index in [9.17, 15) is 0 Å². The molecule has 0 spiro atoms. The molecule has 0 aliphatic rings. The number of imidazole rings is 1. The number of nitrogens with one attached hydrogen (secondary N) is 1. The zero-order valence-corrected chi connectivity index (χ0v) is 37.5. The first-order valence-electron chi connectivity index (χ1n) is 24.8. The number of hydrogen-bond acceptors (Lipinski definition) is 0. The number of aromatic nitrogens is 2. The highest BCUT2D eigenvalue weighted by Crippen LogP contribution is 2.43. The van der Waals surface area contributed by atoms with E-state index in [4.69, 9.17) is 0 Å². The summed E-state index contributed by atoms with van der Waals surface area (Å²) in [5.74, 6) is 1.88. The monoisotopic (exact) mass is 768 g/mol. The van der Waals surface area contributed by atoms with Crippen molar-refractivity contribution in [2.75, 3.05) is 0 Å². The van der Waals surface area contributed by atoms with Gasteiger partial charge in [0.2, 0.25) is 0 Å². The van der Waals surface area contributed by atoms with Gasteiger partial charge in [-0.15, -0.1) is 0 Å². The van der Waals surface area contributed by atoms with Crippen molar-refractivity contribution in [3.63, 3.8) is 0 Å². The second kappa shape index (κ2) is 32.6. The molecule has 1 heterocycles. The van der Waals surface area contributed by atoms with E-state index in [1.54, 1.807) is 0 Å². The molecule has 0 amide bonds. The molecular weight excluding hydrogens is 677 g/mol. The largest absolute Gasteiger partial charge is 0.258 e. The lowest BCUT2D eigenvalue weighted by Crippen LogP contribution is -2.43. The van der Waals surface area contributed by atoms with Crippen LogP contribution in [0, 0.1) is 0 Å². The number of benzene rings is 2. The van der Waals surface area contributed by atoms with Crippen LogP contribution in [0.4, 0.5) is 0 Å². The third-order valence-corrected chi connectivity index (χ3v) is 13.1. The maximum absolute atomic E-state index is 3.84. The molecule has 0 bridgehead atoms. The van der Waals surface area contributed by atoms with Crippen LogP contribution in [0.2, 0.25) is 0 Å². The molecule has 2 nitrogen and oxygen atoms in total. The highest BCUT2D eigenvalue weighted by Gasteiger charge is 2.42. The first kappa shape index (κ1) is 48.0. The number of nitrogens with zero attached hydrogens (tertiary/aromatic N) is 1. The molecular formula is C54H91N2+. The molecule has 2 heteroatoms. The molecule has 0 aliphatic heterocycles. The summed E-state index contributed by atoms with van der Waals surface area (Å²) >= 11 is 0. The van der Waals surface area contributed by atoms with Gasteiger partial charge in [-0.2, -0.15) is 0 Å². The van der Waals surface area contributed by atoms with Crippen molar-refractivity contribution in [3.05, 3.63) is 90.0 Å². The molecule has 0 radical (unpaired) electrons. The van der Waals surface area contributed by atoms with E-state index >= 15 is 0 Å². The lowest BCUT2D eigenvalue weighted by molar-refractivity contribution is -0.705. The van der Waals surface area contributed by atoms with Gasteiger partial charge in [-0.1, -0.05) is 268 Å². The van der Waals surface area contributed by atoms with Gasteiger partial charge >= 0.3 is 0 Å². The van der Waals surface area contributed by atoms with Crippen LogP contribution in [-0.4, -0.2) is 4.98 Å². The maximum atomic E-state index is 3.84. The van der Waals surface area contributed by atoms with Crippen LogP contribution in [0.1, 0.15) is 249 Å². The summed E-state index contributed by atoms with van der Waals surface area (Å²) in [4.78, 5) is 3.84. The Bertz CT molecular complexity index is 1260. The average molecular weight is 768 g/mol. The number of aryl methyl sites for hydroxylation is 1. The Kier molecular flexibility index (Phi) is 27.9. The Morgan fingerprint density at radius 2 is 0.839 bits per heavy atom. The van der Waals surface area contributed by atoms with E-state index in [-0.39, 0.29) is 5.41 Å². The van der Waals surface area contributed by atoms with E-state index in [1.807, 2.05) is 0 Å². The van der Waals surface area contributed by atoms with Crippen LogP contribution in [0.3, 0.4) is 0 Å². The molecule has 0 fully saturated rings. The lowest BCUT2D eigenvalue weighted by atomic mass is 9.66. The summed E-state index contributed by atoms with van der Waals surface area (Å²) in [5.41, 5.74) is 2.91. The van der Waals surface area contributed by atoms with Crippen molar-refractivity contribution in [1.82, 2.24) is 4.98 Å². The molecule has 0 aliphatic carbocycles. The summed E-state index contributed by atoms with van der Waals surface area (Å²) in [6.07, 6.45) is 50.8. The molecule has 2 atom stereocenters. The topological polar surface area (TPSA) is 19.7 Å². The summed E-state index contributed by atoms with van der Waals surface area (Å²) < 4.78 is 2.60. The first-order chi connectivity index (χ1) is 27.7. The van der Waals surface area contributed by atoms with Gasteiger partial charge in [0, 0.05) is 5.41 Å². The molecule has 2 aromatic carbocycles. The van der Waals surface area contributed by atoms with Gasteiger partial charge in [-0.25, -0.2) is 9.55 Å². The first-order valence-corrected chi connectivity index (χ1v) is 24.8. The Hall–Kier alpha value is -2.35. The Balaban J connectivity index is 1.46. The summed E-state index contributed by atoms with van der Waals surface area (Å²) in [6.45, 7) is 8.31. The number of H-pyrrole nitrogens is 1. The summed E-state index contributed by atoms with van der Waals surface area (Å²) in [7, 11) is 0. The number of unbranched alkanes of at least 4 members (excludes halogenated alkanes) is 29. The van der Waals surface area contributed by atoms with Crippen molar-refractivity contribution < 1.29 is 4.57 Å². The molecule has 1 N–H and O–H groups in total. The Morgan fingerprint density at radius 3 is 1.27 bits per heavy atom. The maximum Gasteiger partial charge on any atom is 0.258 e. The normalized spacial score (nSPS) is 13.3. The second-order valence-electron chi connectivity index (χ2n) is 18.1. The Morgan fingerprint density at radius 1 is 0.464 bits per heavy atom. The number of rotatable bonds is 38. The quantitative estimate of drug-likeness (QED) is 0.0443. The van der Waals surface area contributed by atoms with E-state index in [0.29, 0.717) is 5.92 Å². The smallest absolute Gasteiger partial charge is 0.247 e. The zero-order chi connectivity index (χ0) is 39.6. The fourth-order valence-corrected chi connectivity index (χ4v) is 9.44. The van der Waals surface area contributed by atoms with Crippen LogP contribution < -0.4 is 4.57 Å². The van der Waals surface area contributed by atoms with Crippen molar-refractivity contribution in [2.45, 2.75) is 251 Å². The van der Waals surface area contributed by atoms with Crippen molar-refractivity contribution >= 4 is 0 Å². The molecule has 3 aromatic rings. The number of aromatic amines is 1. The molecule has 0 saturated carbocycles. The third-order valence-electron chi connectivity index (χ3n) is 13.1. The Labute approximate surface area is 348 Å². The zero-order valence-electron chi connectivity index (χ0n) is 37.5. The molecule has 56 heavy (non-hydrogen) atoms. The fourth-order valence-electron chi connectivity index (χ4n) is 9.44. The summed E-state index contributed by atoms with van der Waals surface area (Å²) in [5, 5.41) is 0. The number of hydrogen-bond donors (Lipinski definition) is 1. The van der Waals surface area contributed by atoms with Gasteiger partial charge in [0.25, 0.3) is 5.82 Å². The highest BCUT2D eigenvalue weighted by molar-refractivity contribution is 5.32. The van der Waals surface area contributed by atoms with Crippen LogP contribution in [-0.2, 0) is 18.4 Å². The fraction of sp³-hybridized carbons (Fsp3) is 0.722.